The van der Waals surface area contributed by atoms with Gasteiger partial charge in [-0.2, -0.15) is 4.98 Å². The molecule has 0 spiro atoms. The number of nitrogens with zero attached hydrogens (tertiary/aromatic N) is 5. The van der Waals surface area contributed by atoms with Crippen LogP contribution in [0.5, 0.6) is 0 Å². The Bertz CT molecular complexity index is 1260. The second-order valence-corrected chi connectivity index (χ2v) is 7.41. The SMILES string of the molecule is COCCn1c(=O)c2c(-c3noc(C(C)(C)OC)n3)ncn2c2cccc(Cl)c21. The van der Waals surface area contributed by atoms with Crippen molar-refractivity contribution in [2.75, 3.05) is 20.8 Å². The molecule has 152 valence electrons. The number of para-hydroxylation sites is 1. The molecule has 4 rings (SSSR count). The zero-order chi connectivity index (χ0) is 20.8. The Labute approximate surface area is 170 Å². The molecular formula is C19H20ClN5O4. The third kappa shape index (κ3) is 3.11. The van der Waals surface area contributed by atoms with Crippen LogP contribution in [-0.2, 0) is 21.6 Å². The minimum atomic E-state index is -0.764. The van der Waals surface area contributed by atoms with Gasteiger partial charge in [0.15, 0.2) is 0 Å². The first-order chi connectivity index (χ1) is 13.9. The minimum Gasteiger partial charge on any atom is -0.383 e. The number of fused-ring (bicyclic) bond motifs is 3. The van der Waals surface area contributed by atoms with Gasteiger partial charge in [0.25, 0.3) is 11.4 Å². The summed E-state index contributed by atoms with van der Waals surface area (Å²) in [5.74, 6) is 0.504. The summed E-state index contributed by atoms with van der Waals surface area (Å²) in [5.41, 5.74) is 0.973. The summed E-state index contributed by atoms with van der Waals surface area (Å²) < 4.78 is 19.2. The van der Waals surface area contributed by atoms with Crippen molar-refractivity contribution < 1.29 is 14.0 Å². The number of rotatable bonds is 6. The first-order valence-electron chi connectivity index (χ1n) is 8.95. The van der Waals surface area contributed by atoms with E-state index in [4.69, 9.17) is 25.6 Å². The van der Waals surface area contributed by atoms with Crippen molar-refractivity contribution in [3.05, 3.63) is 45.8 Å². The molecule has 0 saturated heterocycles. The molecule has 3 aromatic heterocycles. The topological polar surface area (TPSA) is 96.7 Å². The molecule has 0 aliphatic carbocycles. The van der Waals surface area contributed by atoms with E-state index in [-0.39, 0.29) is 11.4 Å². The summed E-state index contributed by atoms with van der Waals surface area (Å²) in [4.78, 5) is 22.2. The van der Waals surface area contributed by atoms with Crippen molar-refractivity contribution in [1.82, 2.24) is 24.1 Å². The number of hydrogen-bond donors (Lipinski definition) is 0. The second kappa shape index (κ2) is 7.25. The van der Waals surface area contributed by atoms with Crippen LogP contribution < -0.4 is 5.56 Å². The first kappa shape index (κ1) is 19.6. The number of ether oxygens (including phenoxy) is 2. The van der Waals surface area contributed by atoms with Gasteiger partial charge in [-0.15, -0.1) is 0 Å². The highest BCUT2D eigenvalue weighted by Crippen LogP contribution is 2.28. The number of imidazole rings is 1. The number of methoxy groups -OCH3 is 2. The Morgan fingerprint density at radius 1 is 1.24 bits per heavy atom. The Morgan fingerprint density at radius 3 is 2.76 bits per heavy atom. The lowest BCUT2D eigenvalue weighted by molar-refractivity contribution is -0.00786. The van der Waals surface area contributed by atoms with Gasteiger partial charge < -0.3 is 18.6 Å². The van der Waals surface area contributed by atoms with Gasteiger partial charge in [-0.25, -0.2) is 4.98 Å². The maximum atomic E-state index is 13.4. The molecule has 0 unspecified atom stereocenters. The summed E-state index contributed by atoms with van der Waals surface area (Å²) in [5, 5.41) is 4.48. The van der Waals surface area contributed by atoms with E-state index in [1.165, 1.54) is 0 Å². The molecule has 0 N–H and O–H groups in total. The van der Waals surface area contributed by atoms with Gasteiger partial charge >= 0.3 is 0 Å². The molecular weight excluding hydrogens is 398 g/mol. The number of hydrogen-bond acceptors (Lipinski definition) is 7. The van der Waals surface area contributed by atoms with Crippen LogP contribution >= 0.6 is 11.6 Å². The van der Waals surface area contributed by atoms with E-state index in [2.05, 4.69) is 15.1 Å². The molecule has 0 aliphatic rings. The minimum absolute atomic E-state index is 0.212. The van der Waals surface area contributed by atoms with E-state index < -0.39 is 5.60 Å². The van der Waals surface area contributed by atoms with Crippen LogP contribution in [-0.4, -0.2) is 44.9 Å². The van der Waals surface area contributed by atoms with Crippen molar-refractivity contribution >= 4 is 28.2 Å². The molecule has 10 heteroatoms. The number of aromatic nitrogens is 5. The van der Waals surface area contributed by atoms with E-state index in [1.807, 2.05) is 26.0 Å². The van der Waals surface area contributed by atoms with E-state index >= 15 is 0 Å². The van der Waals surface area contributed by atoms with Gasteiger partial charge in [0.1, 0.15) is 23.1 Å². The molecule has 3 heterocycles. The standard InChI is InChI=1S/C19H20ClN5O4/c1-19(2,28-4)18-22-16(23-29-18)13-15-17(26)24(8-9-27-3)14-11(20)6-5-7-12(14)25(15)10-21-13/h5-7,10H,8-9H2,1-4H3. The Hall–Kier alpha value is -2.75. The van der Waals surface area contributed by atoms with E-state index in [1.54, 1.807) is 35.6 Å². The maximum Gasteiger partial charge on any atom is 0.277 e. The fourth-order valence-electron chi connectivity index (χ4n) is 3.14. The number of halogens is 1. The molecule has 0 saturated carbocycles. The summed E-state index contributed by atoms with van der Waals surface area (Å²) in [6.07, 6.45) is 1.56. The Kier molecular flexibility index (Phi) is 4.89. The van der Waals surface area contributed by atoms with Gasteiger partial charge in [-0.1, -0.05) is 22.8 Å². The lowest BCUT2D eigenvalue weighted by Crippen LogP contribution is -2.25. The van der Waals surface area contributed by atoms with Crippen LogP contribution in [0.25, 0.3) is 28.1 Å². The third-order valence-electron chi connectivity index (χ3n) is 4.89. The smallest absolute Gasteiger partial charge is 0.277 e. The molecule has 0 radical (unpaired) electrons. The molecule has 1 aromatic carbocycles. The van der Waals surface area contributed by atoms with Crippen LogP contribution in [0.2, 0.25) is 5.02 Å². The molecule has 0 atom stereocenters. The molecule has 0 amide bonds. The zero-order valence-corrected chi connectivity index (χ0v) is 17.2. The zero-order valence-electron chi connectivity index (χ0n) is 16.5. The lowest BCUT2D eigenvalue weighted by Gasteiger charge is -2.16. The number of benzene rings is 1. The van der Waals surface area contributed by atoms with Gasteiger partial charge in [-0.3, -0.25) is 9.20 Å². The predicted molar refractivity (Wildman–Crippen MR) is 107 cm³/mol. The molecule has 0 aliphatic heterocycles. The van der Waals surface area contributed by atoms with E-state index in [0.29, 0.717) is 40.8 Å². The predicted octanol–water partition coefficient (Wildman–Crippen LogP) is 2.88. The Morgan fingerprint density at radius 2 is 2.03 bits per heavy atom. The molecule has 0 fully saturated rings. The van der Waals surface area contributed by atoms with Crippen molar-refractivity contribution in [2.45, 2.75) is 26.0 Å². The van der Waals surface area contributed by atoms with Crippen LogP contribution in [0.1, 0.15) is 19.7 Å². The summed E-state index contributed by atoms with van der Waals surface area (Å²) >= 11 is 6.42. The summed E-state index contributed by atoms with van der Waals surface area (Å²) in [6.45, 7) is 4.31. The van der Waals surface area contributed by atoms with Crippen LogP contribution in [0.3, 0.4) is 0 Å². The normalized spacial score (nSPS) is 12.3. The average Bonchev–Trinajstić information content (AvgIpc) is 3.36. The first-order valence-corrected chi connectivity index (χ1v) is 9.33. The van der Waals surface area contributed by atoms with Crippen molar-refractivity contribution in [2.24, 2.45) is 0 Å². The highest BCUT2D eigenvalue weighted by molar-refractivity contribution is 6.35. The van der Waals surface area contributed by atoms with Crippen molar-refractivity contribution in [1.29, 1.82) is 0 Å². The third-order valence-corrected chi connectivity index (χ3v) is 5.20. The van der Waals surface area contributed by atoms with E-state index in [9.17, 15) is 4.79 Å². The highest BCUT2D eigenvalue weighted by atomic mass is 35.5. The van der Waals surface area contributed by atoms with E-state index in [0.717, 1.165) is 5.52 Å². The summed E-state index contributed by atoms with van der Waals surface area (Å²) in [6, 6.07) is 5.44. The van der Waals surface area contributed by atoms with Crippen LogP contribution in [0.15, 0.2) is 33.8 Å². The fraction of sp³-hybridized carbons (Fsp3) is 0.368. The molecule has 4 aromatic rings. The highest BCUT2D eigenvalue weighted by Gasteiger charge is 2.29. The van der Waals surface area contributed by atoms with Crippen molar-refractivity contribution in [3.8, 4) is 11.5 Å². The van der Waals surface area contributed by atoms with Gasteiger partial charge in [0.2, 0.25) is 5.82 Å². The van der Waals surface area contributed by atoms with Crippen molar-refractivity contribution in [3.63, 3.8) is 0 Å². The van der Waals surface area contributed by atoms with Gasteiger partial charge in [0, 0.05) is 20.8 Å². The average molecular weight is 418 g/mol. The Balaban J connectivity index is 2.01. The summed E-state index contributed by atoms with van der Waals surface area (Å²) in [7, 11) is 3.14. The molecule has 9 nitrogen and oxygen atoms in total. The quantitative estimate of drug-likeness (QED) is 0.475. The largest absolute Gasteiger partial charge is 0.383 e. The van der Waals surface area contributed by atoms with Crippen LogP contribution in [0.4, 0.5) is 0 Å². The fourth-order valence-corrected chi connectivity index (χ4v) is 3.41. The molecule has 0 bridgehead atoms. The van der Waals surface area contributed by atoms with Gasteiger partial charge in [0.05, 0.1) is 22.7 Å². The van der Waals surface area contributed by atoms with Crippen LogP contribution in [0, 0.1) is 0 Å². The second-order valence-electron chi connectivity index (χ2n) is 7.01. The maximum absolute atomic E-state index is 13.4. The molecule has 29 heavy (non-hydrogen) atoms. The van der Waals surface area contributed by atoms with Gasteiger partial charge in [-0.05, 0) is 26.0 Å². The monoisotopic (exact) mass is 417 g/mol. The lowest BCUT2D eigenvalue weighted by atomic mass is 10.1.